The molecule has 216 valence electrons. The Morgan fingerprint density at radius 1 is 1.12 bits per heavy atom. The molecule has 2 aromatic heterocycles. The molecule has 2 N–H and O–H groups in total. The first kappa shape index (κ1) is 29.5. The molecule has 4 rings (SSSR count). The van der Waals surface area contributed by atoms with Crippen molar-refractivity contribution < 1.29 is 40.3 Å². The fourth-order valence-electron chi connectivity index (χ4n) is 4.04. The van der Waals surface area contributed by atoms with Gasteiger partial charge in [-0.1, -0.05) is 0 Å². The molecule has 1 aromatic carbocycles. The van der Waals surface area contributed by atoms with Gasteiger partial charge in [0.1, 0.15) is 10.8 Å². The van der Waals surface area contributed by atoms with E-state index in [4.69, 9.17) is 4.74 Å². The minimum Gasteiger partial charge on any atom is -0.490 e. The molecule has 0 aliphatic carbocycles. The molecule has 3 aromatic rings. The van der Waals surface area contributed by atoms with Gasteiger partial charge in [-0.2, -0.15) is 30.7 Å². The molecule has 0 bridgehead atoms. The van der Waals surface area contributed by atoms with E-state index in [0.717, 1.165) is 23.8 Å². The average Bonchev–Trinajstić information content (AvgIpc) is 3.24. The summed E-state index contributed by atoms with van der Waals surface area (Å²) in [6.07, 6.45) is -6.54. The smallest absolute Gasteiger partial charge is 0.434 e. The van der Waals surface area contributed by atoms with Crippen molar-refractivity contribution >= 4 is 33.9 Å². The van der Waals surface area contributed by atoms with Gasteiger partial charge in [0.15, 0.2) is 17.3 Å². The third-order valence-corrected chi connectivity index (χ3v) is 6.90. The summed E-state index contributed by atoms with van der Waals surface area (Å²) in [5.74, 6) is -1.52. The first-order valence-corrected chi connectivity index (χ1v) is 12.7. The van der Waals surface area contributed by atoms with Crippen molar-refractivity contribution in [3.05, 3.63) is 53.4 Å². The number of alkyl halides is 6. The van der Waals surface area contributed by atoms with Gasteiger partial charge in [-0.25, -0.2) is 14.4 Å². The van der Waals surface area contributed by atoms with Crippen molar-refractivity contribution in [3.63, 3.8) is 0 Å². The molecule has 1 fully saturated rings. The Labute approximate surface area is 227 Å². The molecular weight excluding hydrogens is 569 g/mol. The number of piperidine rings is 1. The van der Waals surface area contributed by atoms with E-state index in [-0.39, 0.29) is 53.4 Å². The zero-order valence-electron chi connectivity index (χ0n) is 20.9. The fourth-order valence-corrected chi connectivity index (χ4v) is 4.84. The summed E-state index contributed by atoms with van der Waals surface area (Å²) in [4.78, 5) is 21.4. The largest absolute Gasteiger partial charge is 0.490 e. The van der Waals surface area contributed by atoms with Gasteiger partial charge < -0.3 is 15.4 Å². The van der Waals surface area contributed by atoms with Gasteiger partial charge >= 0.3 is 12.4 Å². The number of carbonyl (C=O) groups is 1. The summed E-state index contributed by atoms with van der Waals surface area (Å²) in [6.45, 7) is 1.21. The standard InChI is InChI=1S/C24H23F7N6O2S/c1-13-20(22(40-36-13)35-19-10-32-18(9-33-19)24(29,30)31)21(38)34-15-2-3-16(25)17(8-15)39-11-14-4-6-37(7-5-14)12-23(26,27)28/h2-3,8-10,14H,4-7,11-12H2,1H3,(H,33,35)(H,34,38). The van der Waals surface area contributed by atoms with Crippen LogP contribution in [0, 0.1) is 18.7 Å². The predicted octanol–water partition coefficient (Wildman–Crippen LogP) is 6.05. The Kier molecular flexibility index (Phi) is 8.77. The molecule has 1 aliphatic heterocycles. The van der Waals surface area contributed by atoms with Gasteiger partial charge in [0, 0.05) is 11.8 Å². The maximum atomic E-state index is 14.4. The molecule has 1 amide bonds. The van der Waals surface area contributed by atoms with E-state index in [0.29, 0.717) is 24.7 Å². The quantitative estimate of drug-likeness (QED) is 0.308. The summed E-state index contributed by atoms with van der Waals surface area (Å²) in [5, 5.41) is 5.56. The highest BCUT2D eigenvalue weighted by molar-refractivity contribution is 7.10. The number of ether oxygens (including phenoxy) is 1. The molecular formula is C24H23F7N6O2S. The van der Waals surface area contributed by atoms with Crippen LogP contribution in [-0.2, 0) is 6.18 Å². The Bertz CT molecular complexity index is 1320. The van der Waals surface area contributed by atoms with Crippen molar-refractivity contribution in [1.82, 2.24) is 19.2 Å². The first-order valence-electron chi connectivity index (χ1n) is 11.9. The Morgan fingerprint density at radius 3 is 2.48 bits per heavy atom. The second kappa shape index (κ2) is 11.9. The highest BCUT2D eigenvalue weighted by Gasteiger charge is 2.33. The van der Waals surface area contributed by atoms with Crippen LogP contribution in [0.2, 0.25) is 0 Å². The monoisotopic (exact) mass is 592 g/mol. The van der Waals surface area contributed by atoms with E-state index in [1.54, 1.807) is 6.92 Å². The summed E-state index contributed by atoms with van der Waals surface area (Å²) >= 11 is 0.890. The van der Waals surface area contributed by atoms with Gasteiger partial charge in [-0.15, -0.1) is 0 Å². The number of aromatic nitrogens is 3. The van der Waals surface area contributed by atoms with Crippen LogP contribution in [0.25, 0.3) is 0 Å². The number of rotatable bonds is 8. The van der Waals surface area contributed by atoms with Crippen molar-refractivity contribution in [2.75, 3.05) is 36.9 Å². The third-order valence-electron chi connectivity index (χ3n) is 6.05. The molecule has 8 nitrogen and oxygen atoms in total. The maximum absolute atomic E-state index is 14.4. The van der Waals surface area contributed by atoms with Crippen LogP contribution in [0.3, 0.4) is 0 Å². The van der Waals surface area contributed by atoms with Gasteiger partial charge in [0.25, 0.3) is 5.91 Å². The summed E-state index contributed by atoms with van der Waals surface area (Å²) in [6, 6.07) is 3.71. The number of amides is 1. The first-order chi connectivity index (χ1) is 18.8. The predicted molar refractivity (Wildman–Crippen MR) is 132 cm³/mol. The van der Waals surface area contributed by atoms with E-state index >= 15 is 0 Å². The lowest BCUT2D eigenvalue weighted by Crippen LogP contribution is -2.41. The summed E-state index contributed by atoms with van der Waals surface area (Å²) in [7, 11) is 0. The number of halogens is 7. The minimum atomic E-state index is -4.65. The topological polar surface area (TPSA) is 92.3 Å². The number of carbonyl (C=O) groups excluding carboxylic acids is 1. The highest BCUT2D eigenvalue weighted by atomic mass is 32.1. The fraction of sp³-hybridized carbons (Fsp3) is 0.417. The molecule has 0 saturated carbocycles. The number of aryl methyl sites for hydroxylation is 1. The van der Waals surface area contributed by atoms with Crippen LogP contribution in [0.5, 0.6) is 5.75 Å². The van der Waals surface area contributed by atoms with Gasteiger partial charge in [-0.3, -0.25) is 9.69 Å². The third kappa shape index (κ3) is 7.78. The van der Waals surface area contributed by atoms with Gasteiger partial charge in [0.05, 0.1) is 36.8 Å². The minimum absolute atomic E-state index is 0.0348. The maximum Gasteiger partial charge on any atom is 0.434 e. The van der Waals surface area contributed by atoms with Crippen molar-refractivity contribution in [1.29, 1.82) is 0 Å². The van der Waals surface area contributed by atoms with Crippen molar-refractivity contribution in [2.45, 2.75) is 32.1 Å². The molecule has 0 radical (unpaired) electrons. The lowest BCUT2D eigenvalue weighted by Gasteiger charge is -2.32. The number of likely N-dealkylation sites (tertiary alicyclic amines) is 1. The SMILES string of the molecule is Cc1nsc(Nc2cnc(C(F)(F)F)cn2)c1C(=O)Nc1ccc(F)c(OCC2CCN(CC(F)(F)F)CC2)c1. The number of anilines is 3. The molecule has 0 unspecified atom stereocenters. The van der Waals surface area contributed by atoms with Crippen LogP contribution >= 0.6 is 11.5 Å². The lowest BCUT2D eigenvalue weighted by atomic mass is 9.98. The highest BCUT2D eigenvalue weighted by Crippen LogP contribution is 2.31. The van der Waals surface area contributed by atoms with Crippen molar-refractivity contribution in [3.8, 4) is 5.75 Å². The molecule has 3 heterocycles. The van der Waals surface area contributed by atoms with Crippen molar-refractivity contribution in [2.24, 2.45) is 5.92 Å². The molecule has 40 heavy (non-hydrogen) atoms. The zero-order valence-corrected chi connectivity index (χ0v) is 21.7. The molecule has 1 aliphatic rings. The Morgan fingerprint density at radius 2 is 1.85 bits per heavy atom. The van der Waals surface area contributed by atoms with E-state index in [1.165, 1.54) is 17.0 Å². The van der Waals surface area contributed by atoms with E-state index in [9.17, 15) is 35.5 Å². The molecule has 16 heteroatoms. The number of hydrogen-bond acceptors (Lipinski definition) is 8. The van der Waals surface area contributed by atoms with Crippen LogP contribution in [0.4, 0.5) is 47.2 Å². The number of hydrogen-bond donors (Lipinski definition) is 2. The van der Waals surface area contributed by atoms with E-state index in [1.807, 2.05) is 0 Å². The number of nitrogens with zero attached hydrogens (tertiary/aromatic N) is 4. The second-order valence-electron chi connectivity index (χ2n) is 9.13. The Balaban J connectivity index is 1.37. The lowest BCUT2D eigenvalue weighted by molar-refractivity contribution is -0.148. The van der Waals surface area contributed by atoms with Crippen LogP contribution in [0.15, 0.2) is 30.6 Å². The van der Waals surface area contributed by atoms with Gasteiger partial charge in [-0.05, 0) is 62.4 Å². The second-order valence-corrected chi connectivity index (χ2v) is 9.90. The molecule has 0 spiro atoms. The van der Waals surface area contributed by atoms with Gasteiger partial charge in [0.2, 0.25) is 0 Å². The Hall–Kier alpha value is -3.53. The van der Waals surface area contributed by atoms with E-state index < -0.39 is 36.3 Å². The van der Waals surface area contributed by atoms with Crippen LogP contribution < -0.4 is 15.4 Å². The van der Waals surface area contributed by atoms with E-state index in [2.05, 4.69) is 25.0 Å². The van der Waals surface area contributed by atoms with Crippen LogP contribution in [-0.4, -0.2) is 57.6 Å². The van der Waals surface area contributed by atoms with Crippen LogP contribution in [0.1, 0.15) is 34.6 Å². The molecule has 0 atom stereocenters. The number of nitrogens with one attached hydrogen (secondary N) is 2. The normalized spacial score (nSPS) is 15.2. The average molecular weight is 593 g/mol. The summed E-state index contributed by atoms with van der Waals surface area (Å²) in [5.41, 5.74) is -0.533. The summed E-state index contributed by atoms with van der Waals surface area (Å²) < 4.78 is 100. The molecule has 1 saturated heterocycles. The number of benzene rings is 1. The zero-order chi connectivity index (χ0) is 29.1.